The summed E-state index contributed by atoms with van der Waals surface area (Å²) in [4.78, 5) is 28.4. The zero-order chi connectivity index (χ0) is 21.1. The lowest BCUT2D eigenvalue weighted by Crippen LogP contribution is -2.30. The molecular weight excluding hydrogens is 460 g/mol. The Kier molecular flexibility index (Phi) is 6.25. The van der Waals surface area contributed by atoms with Crippen molar-refractivity contribution < 1.29 is 9.59 Å². The van der Waals surface area contributed by atoms with E-state index >= 15 is 0 Å². The van der Waals surface area contributed by atoms with Gasteiger partial charge in [0.05, 0.1) is 11.3 Å². The Balaban J connectivity index is 1.46. The molecule has 0 saturated heterocycles. The number of hydrogen-bond donors (Lipinski definition) is 1. The maximum absolute atomic E-state index is 12.9. The van der Waals surface area contributed by atoms with Gasteiger partial charge in [0, 0.05) is 27.3 Å². The average Bonchev–Trinajstić information content (AvgIpc) is 3.18. The topological polar surface area (TPSA) is 49.4 Å². The van der Waals surface area contributed by atoms with Gasteiger partial charge in [-0.1, -0.05) is 46.3 Å². The molecule has 1 heterocycles. The van der Waals surface area contributed by atoms with E-state index in [1.54, 1.807) is 6.07 Å². The number of nitrogens with one attached hydrogen (secondary N) is 1. The van der Waals surface area contributed by atoms with Gasteiger partial charge in [0.25, 0.3) is 5.91 Å². The van der Waals surface area contributed by atoms with Crippen molar-refractivity contribution in [1.29, 1.82) is 0 Å². The molecule has 4 rings (SSSR count). The molecule has 0 fully saturated rings. The highest BCUT2D eigenvalue weighted by Gasteiger charge is 2.24. The second kappa shape index (κ2) is 9.06. The van der Waals surface area contributed by atoms with Crippen molar-refractivity contribution >= 4 is 50.9 Å². The van der Waals surface area contributed by atoms with Crippen LogP contribution in [0.2, 0.25) is 0 Å². The highest BCUT2D eigenvalue weighted by atomic mass is 79.9. The normalized spacial score (nSPS) is 12.5. The molecule has 1 N–H and O–H groups in total. The van der Waals surface area contributed by atoms with E-state index in [0.29, 0.717) is 12.1 Å². The van der Waals surface area contributed by atoms with Gasteiger partial charge in [0.1, 0.15) is 0 Å². The Morgan fingerprint density at radius 1 is 1.07 bits per heavy atom. The molecule has 152 valence electrons. The van der Waals surface area contributed by atoms with Gasteiger partial charge in [-0.2, -0.15) is 0 Å². The molecule has 0 radical (unpaired) electrons. The first-order valence-corrected chi connectivity index (χ1v) is 11.5. The third-order valence-corrected chi connectivity index (χ3v) is 6.66. The number of hydrogen-bond acceptors (Lipinski definition) is 3. The van der Waals surface area contributed by atoms with Crippen LogP contribution in [-0.4, -0.2) is 24.1 Å². The largest absolute Gasteiger partial charge is 0.322 e. The number of rotatable bonds is 5. The minimum Gasteiger partial charge on any atom is -0.322 e. The van der Waals surface area contributed by atoms with Crippen LogP contribution < -0.4 is 10.2 Å². The van der Waals surface area contributed by atoms with Crippen LogP contribution in [0.3, 0.4) is 0 Å². The monoisotopic (exact) mass is 480 g/mol. The fourth-order valence-electron chi connectivity index (χ4n) is 3.55. The number of para-hydroxylation sites is 1. The molecule has 0 aliphatic carbocycles. The van der Waals surface area contributed by atoms with Crippen LogP contribution >= 0.6 is 27.7 Å². The highest BCUT2D eigenvalue weighted by molar-refractivity contribution is 9.10. The predicted octanol–water partition coefficient (Wildman–Crippen LogP) is 5.69. The second-order valence-corrected chi connectivity index (χ2v) is 9.06. The van der Waals surface area contributed by atoms with Crippen LogP contribution in [0.25, 0.3) is 0 Å². The number of carbonyl (C=O) groups excluding carboxylic acids is 2. The standard InChI is InChI=1S/C24H21BrN2O2S/c1-16-14-18(25)10-11-20(16)26-24(29)19-7-3-5-9-22(19)30-15-23(28)27-13-12-17-6-2-4-8-21(17)27/h2-11,14H,12-13,15H2,1H3,(H,26,29). The molecule has 1 aliphatic heterocycles. The molecule has 2 amide bonds. The molecule has 0 unspecified atom stereocenters. The summed E-state index contributed by atoms with van der Waals surface area (Å²) in [6.07, 6.45) is 0.887. The Hall–Kier alpha value is -2.57. The van der Waals surface area contributed by atoms with Crippen molar-refractivity contribution in [2.75, 3.05) is 22.5 Å². The first-order valence-electron chi connectivity index (χ1n) is 9.70. The lowest BCUT2D eigenvalue weighted by Gasteiger charge is -2.17. The molecule has 0 bridgehead atoms. The summed E-state index contributed by atoms with van der Waals surface area (Å²) in [6, 6.07) is 21.2. The lowest BCUT2D eigenvalue weighted by molar-refractivity contribution is -0.116. The van der Waals surface area contributed by atoms with E-state index in [2.05, 4.69) is 27.3 Å². The molecule has 1 aliphatic rings. The summed E-state index contributed by atoms with van der Waals surface area (Å²) in [5, 5.41) is 2.98. The maximum atomic E-state index is 12.9. The average molecular weight is 481 g/mol. The number of halogens is 1. The summed E-state index contributed by atoms with van der Waals surface area (Å²) in [5.41, 5.74) is 4.53. The van der Waals surface area contributed by atoms with Crippen LogP contribution in [0.15, 0.2) is 76.1 Å². The maximum Gasteiger partial charge on any atom is 0.256 e. The van der Waals surface area contributed by atoms with E-state index in [1.807, 2.05) is 66.4 Å². The molecule has 3 aromatic carbocycles. The Labute approximate surface area is 188 Å². The number of carbonyl (C=O) groups is 2. The number of thioether (sulfide) groups is 1. The molecule has 6 heteroatoms. The van der Waals surface area contributed by atoms with Gasteiger partial charge in [-0.3, -0.25) is 9.59 Å². The van der Waals surface area contributed by atoms with Crippen molar-refractivity contribution in [1.82, 2.24) is 0 Å². The summed E-state index contributed by atoms with van der Waals surface area (Å²) >= 11 is 4.84. The van der Waals surface area contributed by atoms with Gasteiger partial charge in [0.2, 0.25) is 5.91 Å². The number of fused-ring (bicyclic) bond motifs is 1. The zero-order valence-electron chi connectivity index (χ0n) is 16.5. The summed E-state index contributed by atoms with van der Waals surface area (Å²) in [5.74, 6) is 0.169. The van der Waals surface area contributed by atoms with Crippen molar-refractivity contribution in [2.45, 2.75) is 18.2 Å². The smallest absolute Gasteiger partial charge is 0.256 e. The van der Waals surface area contributed by atoms with Crippen molar-refractivity contribution in [3.8, 4) is 0 Å². The number of amides is 2. The highest BCUT2D eigenvalue weighted by Crippen LogP contribution is 2.30. The van der Waals surface area contributed by atoms with Crippen LogP contribution in [0.5, 0.6) is 0 Å². The fourth-order valence-corrected chi connectivity index (χ4v) is 4.95. The van der Waals surface area contributed by atoms with Crippen molar-refractivity contribution in [2.24, 2.45) is 0 Å². The van der Waals surface area contributed by atoms with Crippen LogP contribution in [0, 0.1) is 6.92 Å². The van der Waals surface area contributed by atoms with Gasteiger partial charge in [-0.15, -0.1) is 11.8 Å². The summed E-state index contributed by atoms with van der Waals surface area (Å²) in [6.45, 7) is 2.66. The Morgan fingerprint density at radius 3 is 2.67 bits per heavy atom. The van der Waals surface area contributed by atoms with Gasteiger partial charge in [0.15, 0.2) is 0 Å². The number of nitrogens with zero attached hydrogens (tertiary/aromatic N) is 1. The van der Waals surface area contributed by atoms with E-state index in [9.17, 15) is 9.59 Å². The van der Waals surface area contributed by atoms with Crippen LogP contribution in [0.4, 0.5) is 11.4 Å². The summed E-state index contributed by atoms with van der Waals surface area (Å²) in [7, 11) is 0. The predicted molar refractivity (Wildman–Crippen MR) is 126 cm³/mol. The van der Waals surface area contributed by atoms with E-state index in [1.165, 1.54) is 17.3 Å². The van der Waals surface area contributed by atoms with Gasteiger partial charge >= 0.3 is 0 Å². The molecule has 4 nitrogen and oxygen atoms in total. The molecule has 30 heavy (non-hydrogen) atoms. The number of anilines is 2. The minimum absolute atomic E-state index is 0.0592. The fraction of sp³-hybridized carbons (Fsp3) is 0.167. The lowest BCUT2D eigenvalue weighted by atomic mass is 10.1. The third-order valence-electron chi connectivity index (χ3n) is 5.11. The van der Waals surface area contributed by atoms with E-state index in [-0.39, 0.29) is 17.6 Å². The zero-order valence-corrected chi connectivity index (χ0v) is 18.9. The number of aryl methyl sites for hydroxylation is 1. The van der Waals surface area contributed by atoms with Gasteiger partial charge in [-0.05, 0) is 60.9 Å². The quantitative estimate of drug-likeness (QED) is 0.477. The van der Waals surface area contributed by atoms with Crippen LogP contribution in [-0.2, 0) is 11.2 Å². The molecule has 0 saturated carbocycles. The molecule has 0 aromatic heterocycles. The van der Waals surface area contributed by atoms with Gasteiger partial charge in [-0.25, -0.2) is 0 Å². The first-order chi connectivity index (χ1) is 14.5. The molecular formula is C24H21BrN2O2S. The molecule has 3 aromatic rings. The number of benzene rings is 3. The van der Waals surface area contributed by atoms with Crippen molar-refractivity contribution in [3.63, 3.8) is 0 Å². The molecule has 0 atom stereocenters. The van der Waals surface area contributed by atoms with E-state index in [0.717, 1.165) is 32.7 Å². The Bertz CT molecular complexity index is 1120. The molecule has 0 spiro atoms. The van der Waals surface area contributed by atoms with Crippen LogP contribution in [0.1, 0.15) is 21.5 Å². The van der Waals surface area contributed by atoms with Gasteiger partial charge < -0.3 is 10.2 Å². The minimum atomic E-state index is -0.178. The van der Waals surface area contributed by atoms with E-state index < -0.39 is 0 Å². The van der Waals surface area contributed by atoms with E-state index in [4.69, 9.17) is 0 Å². The summed E-state index contributed by atoms with van der Waals surface area (Å²) < 4.78 is 0.968. The Morgan fingerprint density at radius 2 is 1.83 bits per heavy atom. The second-order valence-electron chi connectivity index (χ2n) is 7.12. The first kappa shape index (κ1) is 20.7. The third kappa shape index (κ3) is 4.45. The van der Waals surface area contributed by atoms with Crippen molar-refractivity contribution in [3.05, 3.63) is 87.9 Å². The SMILES string of the molecule is Cc1cc(Br)ccc1NC(=O)c1ccccc1SCC(=O)N1CCc2ccccc21.